The molecule has 27 heavy (non-hydrogen) atoms. The van der Waals surface area contributed by atoms with Crippen LogP contribution >= 0.6 is 11.3 Å². The lowest BCUT2D eigenvalue weighted by Crippen LogP contribution is -2.42. The molecule has 1 fully saturated rings. The van der Waals surface area contributed by atoms with Gasteiger partial charge in [0.2, 0.25) is 5.91 Å². The molecule has 0 atom stereocenters. The first-order chi connectivity index (χ1) is 13.2. The molecule has 0 aliphatic carbocycles. The van der Waals surface area contributed by atoms with Gasteiger partial charge in [0, 0.05) is 32.0 Å². The van der Waals surface area contributed by atoms with Gasteiger partial charge in [0.25, 0.3) is 0 Å². The van der Waals surface area contributed by atoms with Crippen LogP contribution in [-0.4, -0.2) is 47.0 Å². The van der Waals surface area contributed by atoms with Gasteiger partial charge in [-0.1, -0.05) is 17.4 Å². The van der Waals surface area contributed by atoms with Crippen LogP contribution in [0.4, 0.5) is 5.13 Å². The van der Waals surface area contributed by atoms with Gasteiger partial charge in [-0.2, -0.15) is 0 Å². The summed E-state index contributed by atoms with van der Waals surface area (Å²) in [5.74, 6) is 0.615. The monoisotopic (exact) mass is 381 g/mol. The number of nitrogens with two attached hydrogens (primary N) is 1. The Morgan fingerprint density at radius 2 is 1.96 bits per heavy atom. The second-order valence-corrected chi connectivity index (χ2v) is 7.88. The van der Waals surface area contributed by atoms with Crippen molar-refractivity contribution in [3.05, 3.63) is 42.7 Å². The van der Waals surface area contributed by atoms with E-state index in [4.69, 9.17) is 10.7 Å². The summed E-state index contributed by atoms with van der Waals surface area (Å²) >= 11 is 1.68. The number of fused-ring (bicyclic) bond motifs is 1. The van der Waals surface area contributed by atoms with E-state index in [1.807, 2.05) is 29.4 Å². The van der Waals surface area contributed by atoms with Crippen molar-refractivity contribution in [2.45, 2.75) is 12.8 Å². The van der Waals surface area contributed by atoms with Gasteiger partial charge < -0.3 is 16.0 Å². The largest absolute Gasteiger partial charge is 0.361 e. The number of nitrogens with one attached hydrogen (secondary N) is 1. The van der Waals surface area contributed by atoms with E-state index in [2.05, 4.69) is 28.5 Å². The molecule has 0 saturated carbocycles. The van der Waals surface area contributed by atoms with Gasteiger partial charge in [0.1, 0.15) is 0 Å². The molecule has 1 aromatic carbocycles. The fraction of sp³-hybridized carbons (Fsp3) is 0.350. The quantitative estimate of drug-likeness (QED) is 0.710. The highest BCUT2D eigenvalue weighted by molar-refractivity contribution is 7.22. The molecule has 0 unspecified atom stereocenters. The summed E-state index contributed by atoms with van der Waals surface area (Å²) in [7, 11) is 0. The molecular formula is C20H23N5OS. The van der Waals surface area contributed by atoms with Gasteiger partial charge in [0.05, 0.1) is 16.8 Å². The maximum atomic E-state index is 11.7. The van der Waals surface area contributed by atoms with Crippen molar-refractivity contribution in [1.82, 2.24) is 14.9 Å². The summed E-state index contributed by atoms with van der Waals surface area (Å²) in [5.41, 5.74) is 8.80. The number of hydrogen-bond donors (Lipinski definition) is 2. The average molecular weight is 382 g/mol. The number of hydrogen-bond acceptors (Lipinski definition) is 6. The number of carbonyl (C=O) groups excluding carboxylic acids is 1. The Kier molecular flexibility index (Phi) is 5.31. The lowest BCUT2D eigenvalue weighted by molar-refractivity contribution is -0.130. The Hall–Kier alpha value is -2.51. The van der Waals surface area contributed by atoms with E-state index in [0.717, 1.165) is 48.7 Å². The number of thiazole rings is 1. The standard InChI is InChI=1S/C20H23N5OS/c21-12-19(26)25-9-5-14(6-10-25)13-23-20-24-17-2-1-16(11-18(17)27-20)15-3-7-22-8-4-15/h1-4,7-8,11,14H,5-6,9-10,12-13,21H2,(H,23,24). The molecule has 4 rings (SSSR count). The zero-order valence-electron chi connectivity index (χ0n) is 15.1. The first kappa shape index (κ1) is 17.9. The predicted molar refractivity (Wildman–Crippen MR) is 110 cm³/mol. The van der Waals surface area contributed by atoms with Crippen LogP contribution in [0.15, 0.2) is 42.7 Å². The molecule has 0 bridgehead atoms. The number of carbonyl (C=O) groups is 1. The second kappa shape index (κ2) is 8.02. The van der Waals surface area contributed by atoms with Crippen molar-refractivity contribution in [3.8, 4) is 11.1 Å². The third-order valence-corrected chi connectivity index (χ3v) is 6.06. The molecule has 0 radical (unpaired) electrons. The molecule has 1 amide bonds. The van der Waals surface area contributed by atoms with E-state index in [-0.39, 0.29) is 12.5 Å². The van der Waals surface area contributed by atoms with Gasteiger partial charge in [-0.25, -0.2) is 4.98 Å². The minimum Gasteiger partial charge on any atom is -0.361 e. The number of amides is 1. The van der Waals surface area contributed by atoms with E-state index in [1.165, 1.54) is 10.3 Å². The highest BCUT2D eigenvalue weighted by atomic mass is 32.1. The Balaban J connectivity index is 1.38. The Bertz CT molecular complexity index is 919. The minimum atomic E-state index is 0.0533. The number of benzene rings is 1. The minimum absolute atomic E-state index is 0.0533. The predicted octanol–water partition coefficient (Wildman–Crippen LogP) is 2.97. The molecule has 2 aromatic heterocycles. The highest BCUT2D eigenvalue weighted by Gasteiger charge is 2.22. The van der Waals surface area contributed by atoms with Crippen LogP contribution < -0.4 is 11.1 Å². The molecule has 3 heterocycles. The summed E-state index contributed by atoms with van der Waals surface area (Å²) < 4.78 is 1.18. The van der Waals surface area contributed by atoms with Crippen LogP contribution in [0, 0.1) is 5.92 Å². The normalized spacial score (nSPS) is 15.2. The van der Waals surface area contributed by atoms with Crippen LogP contribution in [0.5, 0.6) is 0 Å². The molecule has 140 valence electrons. The first-order valence-corrected chi connectivity index (χ1v) is 10.1. The topological polar surface area (TPSA) is 84.1 Å². The van der Waals surface area contributed by atoms with Gasteiger partial charge in [-0.3, -0.25) is 9.78 Å². The van der Waals surface area contributed by atoms with Gasteiger partial charge >= 0.3 is 0 Å². The second-order valence-electron chi connectivity index (χ2n) is 6.85. The number of anilines is 1. The van der Waals surface area contributed by atoms with Gasteiger partial charge in [0.15, 0.2) is 5.13 Å². The molecule has 1 aliphatic rings. The number of nitrogens with zero attached hydrogens (tertiary/aromatic N) is 3. The zero-order chi connectivity index (χ0) is 18.6. The number of likely N-dealkylation sites (tertiary alicyclic amines) is 1. The molecule has 1 saturated heterocycles. The van der Waals surface area contributed by atoms with Crippen LogP contribution in [0.3, 0.4) is 0 Å². The van der Waals surface area contributed by atoms with Crippen LogP contribution in [0.25, 0.3) is 21.3 Å². The molecular weight excluding hydrogens is 358 g/mol. The Morgan fingerprint density at radius 1 is 1.19 bits per heavy atom. The fourth-order valence-corrected chi connectivity index (χ4v) is 4.38. The van der Waals surface area contributed by atoms with Crippen LogP contribution in [0.2, 0.25) is 0 Å². The van der Waals surface area contributed by atoms with Crippen molar-refractivity contribution in [2.24, 2.45) is 11.7 Å². The van der Waals surface area contributed by atoms with E-state index in [9.17, 15) is 4.79 Å². The molecule has 7 heteroatoms. The zero-order valence-corrected chi connectivity index (χ0v) is 15.9. The van der Waals surface area contributed by atoms with Crippen molar-refractivity contribution in [3.63, 3.8) is 0 Å². The van der Waals surface area contributed by atoms with E-state index in [1.54, 1.807) is 11.3 Å². The molecule has 1 aliphatic heterocycles. The van der Waals surface area contributed by atoms with E-state index in [0.29, 0.717) is 5.92 Å². The maximum Gasteiger partial charge on any atom is 0.236 e. The first-order valence-electron chi connectivity index (χ1n) is 9.25. The van der Waals surface area contributed by atoms with Crippen molar-refractivity contribution >= 4 is 32.6 Å². The summed E-state index contributed by atoms with van der Waals surface area (Å²) in [6.07, 6.45) is 5.64. The van der Waals surface area contributed by atoms with Crippen molar-refractivity contribution in [2.75, 3.05) is 31.5 Å². The van der Waals surface area contributed by atoms with E-state index < -0.39 is 0 Å². The van der Waals surface area contributed by atoms with Crippen molar-refractivity contribution in [1.29, 1.82) is 0 Å². The fourth-order valence-electron chi connectivity index (χ4n) is 3.47. The lowest BCUT2D eigenvalue weighted by Gasteiger charge is -2.31. The molecule has 6 nitrogen and oxygen atoms in total. The van der Waals surface area contributed by atoms with Gasteiger partial charge in [-0.15, -0.1) is 0 Å². The molecule has 3 aromatic rings. The summed E-state index contributed by atoms with van der Waals surface area (Å²) in [6, 6.07) is 10.4. The Morgan fingerprint density at radius 3 is 2.70 bits per heavy atom. The number of rotatable bonds is 5. The lowest BCUT2D eigenvalue weighted by atomic mass is 9.97. The number of aromatic nitrogens is 2. The number of piperidine rings is 1. The third-order valence-electron chi connectivity index (χ3n) is 5.09. The third kappa shape index (κ3) is 4.09. The summed E-state index contributed by atoms with van der Waals surface area (Å²) in [5, 5.41) is 4.45. The van der Waals surface area contributed by atoms with Crippen molar-refractivity contribution < 1.29 is 4.79 Å². The SMILES string of the molecule is NCC(=O)N1CCC(CNc2nc3ccc(-c4ccncc4)cc3s2)CC1. The maximum absolute atomic E-state index is 11.7. The summed E-state index contributed by atoms with van der Waals surface area (Å²) in [6.45, 7) is 2.60. The molecule has 0 spiro atoms. The Labute approximate surface area is 162 Å². The highest BCUT2D eigenvalue weighted by Crippen LogP contribution is 2.30. The summed E-state index contributed by atoms with van der Waals surface area (Å²) in [4.78, 5) is 22.3. The average Bonchev–Trinajstić information content (AvgIpc) is 3.15. The van der Waals surface area contributed by atoms with E-state index >= 15 is 0 Å². The van der Waals surface area contributed by atoms with Gasteiger partial charge in [-0.05, 0) is 54.2 Å². The van der Waals surface area contributed by atoms with Crippen LogP contribution in [0.1, 0.15) is 12.8 Å². The number of pyridine rings is 1. The molecule has 3 N–H and O–H groups in total. The van der Waals surface area contributed by atoms with Crippen LogP contribution in [-0.2, 0) is 4.79 Å². The smallest absolute Gasteiger partial charge is 0.236 e.